The Bertz CT molecular complexity index is 659. The monoisotopic (exact) mass is 339 g/mol. The Morgan fingerprint density at radius 3 is 2.55 bits per heavy atom. The maximum Gasteiger partial charge on any atom is 0.255 e. The number of carbonyl (C=O) groups excluding carboxylic acids is 1. The fourth-order valence-corrected chi connectivity index (χ4v) is 3.20. The van der Waals surface area contributed by atoms with E-state index in [9.17, 15) is 13.4 Å². The van der Waals surface area contributed by atoms with E-state index in [1.807, 2.05) is 30.3 Å². The van der Waals surface area contributed by atoms with Gasteiger partial charge >= 0.3 is 0 Å². The van der Waals surface area contributed by atoms with Crippen LogP contribution in [0.3, 0.4) is 0 Å². The summed E-state index contributed by atoms with van der Waals surface area (Å²) >= 11 is 5.81. The summed E-state index contributed by atoms with van der Waals surface area (Å²) in [7, 11) is -1.10. The molecule has 0 heterocycles. The molecule has 0 aliphatic rings. The zero-order valence-electron chi connectivity index (χ0n) is 11.7. The van der Waals surface area contributed by atoms with E-state index < -0.39 is 22.5 Å². The highest BCUT2D eigenvalue weighted by Gasteiger charge is 2.15. The Hall–Kier alpha value is -1.72. The van der Waals surface area contributed by atoms with Crippen LogP contribution in [0.25, 0.3) is 0 Å². The van der Waals surface area contributed by atoms with Gasteiger partial charge in [0.2, 0.25) is 0 Å². The first-order valence-electron chi connectivity index (χ1n) is 6.69. The van der Waals surface area contributed by atoms with Crippen molar-refractivity contribution in [3.8, 4) is 0 Å². The first-order chi connectivity index (χ1) is 10.6. The quantitative estimate of drug-likeness (QED) is 0.878. The van der Waals surface area contributed by atoms with E-state index in [0.717, 1.165) is 5.56 Å². The Morgan fingerprint density at radius 1 is 1.14 bits per heavy atom. The number of rotatable bonds is 6. The molecular formula is C16H15ClFNO2S. The van der Waals surface area contributed by atoms with Gasteiger partial charge in [-0.2, -0.15) is 0 Å². The Balaban J connectivity index is 1.83. The van der Waals surface area contributed by atoms with Gasteiger partial charge in [-0.15, -0.1) is 0 Å². The van der Waals surface area contributed by atoms with Crippen LogP contribution in [0.4, 0.5) is 4.39 Å². The van der Waals surface area contributed by atoms with E-state index in [1.54, 1.807) is 0 Å². The maximum atomic E-state index is 13.6. The minimum atomic E-state index is -1.10. The molecule has 2 aromatic rings. The summed E-state index contributed by atoms with van der Waals surface area (Å²) in [6.07, 6.45) is 0. The van der Waals surface area contributed by atoms with E-state index in [4.69, 9.17) is 11.6 Å². The highest BCUT2D eigenvalue weighted by atomic mass is 35.5. The summed E-state index contributed by atoms with van der Waals surface area (Å²) in [5, 5.41) is 2.60. The number of carbonyl (C=O) groups is 1. The lowest BCUT2D eigenvalue weighted by atomic mass is 10.2. The SMILES string of the molecule is O=C(NCCS(=O)Cc1ccccc1)c1c(F)cccc1Cl. The molecule has 1 unspecified atom stereocenters. The van der Waals surface area contributed by atoms with Crippen LogP contribution in [0, 0.1) is 5.82 Å². The van der Waals surface area contributed by atoms with E-state index in [2.05, 4.69) is 5.32 Å². The van der Waals surface area contributed by atoms with Crippen LogP contribution < -0.4 is 5.32 Å². The van der Waals surface area contributed by atoms with Gasteiger partial charge in [-0.3, -0.25) is 9.00 Å². The van der Waals surface area contributed by atoms with Crippen molar-refractivity contribution >= 4 is 28.3 Å². The first-order valence-corrected chi connectivity index (χ1v) is 8.55. The van der Waals surface area contributed by atoms with Crippen LogP contribution in [0.5, 0.6) is 0 Å². The summed E-state index contributed by atoms with van der Waals surface area (Å²) in [6, 6.07) is 13.5. The lowest BCUT2D eigenvalue weighted by Gasteiger charge is -2.08. The zero-order chi connectivity index (χ0) is 15.9. The molecule has 3 nitrogen and oxygen atoms in total. The van der Waals surface area contributed by atoms with Gasteiger partial charge in [-0.1, -0.05) is 48.0 Å². The number of benzene rings is 2. The smallest absolute Gasteiger partial charge is 0.255 e. The molecule has 0 aliphatic heterocycles. The zero-order valence-corrected chi connectivity index (χ0v) is 13.3. The molecule has 6 heteroatoms. The average molecular weight is 340 g/mol. The molecule has 0 saturated carbocycles. The van der Waals surface area contributed by atoms with Crippen molar-refractivity contribution in [3.05, 3.63) is 70.5 Å². The second kappa shape index (κ2) is 8.06. The molecule has 0 spiro atoms. The minimum absolute atomic E-state index is 0.0582. The molecule has 0 aliphatic carbocycles. The van der Waals surface area contributed by atoms with E-state index in [0.29, 0.717) is 11.5 Å². The lowest BCUT2D eigenvalue weighted by Crippen LogP contribution is -2.29. The molecule has 0 saturated heterocycles. The van der Waals surface area contributed by atoms with Crippen molar-refractivity contribution in [1.82, 2.24) is 5.32 Å². The fourth-order valence-electron chi connectivity index (χ4n) is 1.91. The molecule has 1 amide bonds. The second-order valence-electron chi connectivity index (χ2n) is 4.63. The molecule has 2 rings (SSSR count). The third kappa shape index (κ3) is 4.64. The lowest BCUT2D eigenvalue weighted by molar-refractivity contribution is 0.0952. The van der Waals surface area contributed by atoms with Crippen molar-refractivity contribution in [2.75, 3.05) is 12.3 Å². The molecule has 1 N–H and O–H groups in total. The van der Waals surface area contributed by atoms with Crippen molar-refractivity contribution in [2.24, 2.45) is 0 Å². The summed E-state index contributed by atoms with van der Waals surface area (Å²) in [5.74, 6) is -0.542. The predicted octanol–water partition coefficient (Wildman–Crippen LogP) is 3.16. The van der Waals surface area contributed by atoms with Gasteiger partial charge in [-0.25, -0.2) is 4.39 Å². The standard InChI is InChI=1S/C16H15ClFNO2S/c17-13-7-4-8-14(18)15(13)16(20)19-9-10-22(21)11-12-5-2-1-3-6-12/h1-8H,9-11H2,(H,19,20). The molecule has 1 atom stereocenters. The summed E-state index contributed by atoms with van der Waals surface area (Å²) in [4.78, 5) is 11.9. The van der Waals surface area contributed by atoms with Gasteiger partial charge < -0.3 is 5.32 Å². The molecule has 0 fully saturated rings. The van der Waals surface area contributed by atoms with Crippen LogP contribution >= 0.6 is 11.6 Å². The Kier molecular flexibility index (Phi) is 6.10. The van der Waals surface area contributed by atoms with E-state index in [1.165, 1.54) is 18.2 Å². The van der Waals surface area contributed by atoms with Gasteiger partial charge in [0.1, 0.15) is 5.82 Å². The van der Waals surface area contributed by atoms with Crippen molar-refractivity contribution in [3.63, 3.8) is 0 Å². The molecule has 0 radical (unpaired) electrons. The largest absolute Gasteiger partial charge is 0.351 e. The van der Waals surface area contributed by atoms with Crippen molar-refractivity contribution < 1.29 is 13.4 Å². The van der Waals surface area contributed by atoms with Gasteiger partial charge in [-0.05, 0) is 17.7 Å². The molecule has 22 heavy (non-hydrogen) atoms. The molecule has 116 valence electrons. The predicted molar refractivity (Wildman–Crippen MR) is 86.9 cm³/mol. The van der Waals surface area contributed by atoms with Gasteiger partial charge in [0.15, 0.2) is 0 Å². The average Bonchev–Trinajstić information content (AvgIpc) is 2.48. The number of halogens is 2. The number of hydrogen-bond donors (Lipinski definition) is 1. The number of hydrogen-bond acceptors (Lipinski definition) is 2. The van der Waals surface area contributed by atoms with Gasteiger partial charge in [0.05, 0.1) is 10.6 Å². The molecule has 0 aromatic heterocycles. The third-order valence-electron chi connectivity index (χ3n) is 2.98. The fraction of sp³-hybridized carbons (Fsp3) is 0.188. The molecule has 0 bridgehead atoms. The topological polar surface area (TPSA) is 46.2 Å². The minimum Gasteiger partial charge on any atom is -0.351 e. The van der Waals surface area contributed by atoms with Gasteiger partial charge in [0, 0.05) is 28.9 Å². The third-order valence-corrected chi connectivity index (χ3v) is 4.61. The molecular weight excluding hydrogens is 325 g/mol. The highest BCUT2D eigenvalue weighted by molar-refractivity contribution is 7.84. The number of nitrogens with one attached hydrogen (secondary N) is 1. The summed E-state index contributed by atoms with van der Waals surface area (Å²) in [5.41, 5.74) is 0.794. The normalized spacial score (nSPS) is 11.9. The van der Waals surface area contributed by atoms with Crippen molar-refractivity contribution in [2.45, 2.75) is 5.75 Å². The Morgan fingerprint density at radius 2 is 1.86 bits per heavy atom. The maximum absolute atomic E-state index is 13.6. The van der Waals surface area contributed by atoms with Crippen LogP contribution in [-0.2, 0) is 16.6 Å². The van der Waals surface area contributed by atoms with E-state index >= 15 is 0 Å². The Labute approximate surface area is 136 Å². The highest BCUT2D eigenvalue weighted by Crippen LogP contribution is 2.18. The van der Waals surface area contributed by atoms with Gasteiger partial charge in [0.25, 0.3) is 5.91 Å². The summed E-state index contributed by atoms with van der Waals surface area (Å²) < 4.78 is 25.5. The van der Waals surface area contributed by atoms with Crippen LogP contribution in [-0.4, -0.2) is 22.4 Å². The van der Waals surface area contributed by atoms with Crippen molar-refractivity contribution in [1.29, 1.82) is 0 Å². The number of amides is 1. The summed E-state index contributed by atoms with van der Waals surface area (Å²) in [6.45, 7) is 0.197. The van der Waals surface area contributed by atoms with Crippen LogP contribution in [0.1, 0.15) is 15.9 Å². The molecule has 2 aromatic carbocycles. The van der Waals surface area contributed by atoms with Crippen LogP contribution in [0.2, 0.25) is 5.02 Å². The van der Waals surface area contributed by atoms with E-state index in [-0.39, 0.29) is 17.1 Å². The first kappa shape index (κ1) is 16.6. The second-order valence-corrected chi connectivity index (χ2v) is 6.61. The van der Waals surface area contributed by atoms with Crippen LogP contribution in [0.15, 0.2) is 48.5 Å².